The molecule has 1 aliphatic rings. The van der Waals surface area contributed by atoms with Crippen LogP contribution in [0.25, 0.3) is 0 Å². The lowest BCUT2D eigenvalue weighted by Crippen LogP contribution is -2.24. The molecule has 1 aromatic heterocycles. The number of rotatable bonds is 7. The molecule has 1 aliphatic carbocycles. The van der Waals surface area contributed by atoms with Crippen molar-refractivity contribution < 1.29 is 14.3 Å². The molecule has 8 heteroatoms. The minimum absolute atomic E-state index is 0.0369. The molecule has 1 aromatic rings. The number of aromatic nitrogens is 2. The number of hydrogen-bond donors (Lipinski definition) is 1. The lowest BCUT2D eigenvalue weighted by molar-refractivity contribution is -0.142. The van der Waals surface area contributed by atoms with Crippen molar-refractivity contribution in [3.63, 3.8) is 0 Å². The summed E-state index contributed by atoms with van der Waals surface area (Å²) in [5.41, 5.74) is 0. The number of nitrogens with zero attached hydrogens (tertiary/aromatic N) is 2. The summed E-state index contributed by atoms with van der Waals surface area (Å²) in [6.45, 7) is 4.09. The highest BCUT2D eigenvalue weighted by atomic mass is 32.2. The van der Waals surface area contributed by atoms with E-state index >= 15 is 0 Å². The minimum Gasteiger partial charge on any atom is -0.465 e. The van der Waals surface area contributed by atoms with Crippen LogP contribution in [0, 0.1) is 5.92 Å². The molecular weight excluding hydrogens is 334 g/mol. The largest absolute Gasteiger partial charge is 0.465 e. The van der Waals surface area contributed by atoms with Crippen molar-refractivity contribution in [1.82, 2.24) is 10.2 Å². The molecule has 0 spiro atoms. The lowest BCUT2D eigenvalue weighted by atomic mass is 9.89. The van der Waals surface area contributed by atoms with Crippen LogP contribution < -0.4 is 5.32 Å². The van der Waals surface area contributed by atoms with Crippen LogP contribution >= 0.6 is 23.1 Å². The van der Waals surface area contributed by atoms with Gasteiger partial charge in [-0.3, -0.25) is 9.59 Å². The van der Waals surface area contributed by atoms with Crippen LogP contribution in [-0.2, 0) is 14.3 Å². The first-order valence-electron chi connectivity index (χ1n) is 8.11. The Hall–Kier alpha value is -1.15. The summed E-state index contributed by atoms with van der Waals surface area (Å²) in [5.74, 6) is -0.107. The van der Waals surface area contributed by atoms with E-state index < -0.39 is 0 Å². The summed E-state index contributed by atoms with van der Waals surface area (Å²) in [4.78, 5) is 24.0. The highest BCUT2D eigenvalue weighted by Crippen LogP contribution is 2.32. The molecule has 0 aliphatic heterocycles. The summed E-state index contributed by atoms with van der Waals surface area (Å²) < 4.78 is 5.71. The molecule has 1 atom stereocenters. The fourth-order valence-corrected chi connectivity index (χ4v) is 4.46. The van der Waals surface area contributed by atoms with Crippen molar-refractivity contribution in [2.24, 2.45) is 5.92 Å². The van der Waals surface area contributed by atoms with Gasteiger partial charge in [-0.05, 0) is 26.2 Å². The summed E-state index contributed by atoms with van der Waals surface area (Å²) in [6, 6.07) is 0. The first-order chi connectivity index (χ1) is 11.1. The van der Waals surface area contributed by atoms with Crippen LogP contribution in [0.1, 0.15) is 52.4 Å². The molecule has 0 unspecified atom stereocenters. The van der Waals surface area contributed by atoms with Gasteiger partial charge in [0, 0.05) is 5.92 Å². The quantitative estimate of drug-likeness (QED) is 0.457. The van der Waals surface area contributed by atoms with Gasteiger partial charge in [0.25, 0.3) is 0 Å². The number of carbonyl (C=O) groups excluding carboxylic acids is 2. The predicted octanol–water partition coefficient (Wildman–Crippen LogP) is 3.49. The van der Waals surface area contributed by atoms with E-state index in [2.05, 4.69) is 15.5 Å². The van der Waals surface area contributed by atoms with E-state index in [4.69, 9.17) is 4.74 Å². The molecule has 0 aromatic carbocycles. The molecule has 1 amide bonds. The maximum Gasteiger partial charge on any atom is 0.319 e. The topological polar surface area (TPSA) is 81.2 Å². The van der Waals surface area contributed by atoms with E-state index in [1.54, 1.807) is 6.92 Å². The van der Waals surface area contributed by atoms with Crippen LogP contribution in [0.3, 0.4) is 0 Å². The van der Waals surface area contributed by atoms with E-state index in [1.165, 1.54) is 29.5 Å². The fraction of sp³-hybridized carbons (Fsp3) is 0.733. The van der Waals surface area contributed by atoms with Gasteiger partial charge in [-0.2, -0.15) is 0 Å². The second-order valence-corrected chi connectivity index (χ2v) is 7.89. The average Bonchev–Trinajstić information content (AvgIpc) is 3.00. The van der Waals surface area contributed by atoms with Gasteiger partial charge in [-0.15, -0.1) is 10.2 Å². The number of nitrogens with one attached hydrogen (secondary N) is 1. The Kier molecular flexibility index (Phi) is 7.29. The number of esters is 1. The van der Waals surface area contributed by atoms with E-state index in [-0.39, 0.29) is 23.0 Å². The molecule has 1 N–H and O–H groups in total. The number of anilines is 1. The van der Waals surface area contributed by atoms with Crippen LogP contribution in [0.4, 0.5) is 5.13 Å². The zero-order chi connectivity index (χ0) is 16.7. The zero-order valence-corrected chi connectivity index (χ0v) is 15.2. The summed E-state index contributed by atoms with van der Waals surface area (Å²) in [6.07, 6.45) is 6.02. The Morgan fingerprint density at radius 2 is 2.04 bits per heavy atom. The summed E-state index contributed by atoms with van der Waals surface area (Å²) >= 11 is 2.64. The van der Waals surface area contributed by atoms with Gasteiger partial charge in [0.1, 0.15) is 5.25 Å². The Bertz CT molecular complexity index is 530. The Labute approximate surface area is 144 Å². The van der Waals surface area contributed by atoms with Crippen LogP contribution in [0.15, 0.2) is 4.34 Å². The molecule has 0 radical (unpaired) electrons. The predicted molar refractivity (Wildman–Crippen MR) is 91.7 cm³/mol. The Morgan fingerprint density at radius 1 is 1.30 bits per heavy atom. The van der Waals surface area contributed by atoms with E-state index in [0.29, 0.717) is 22.5 Å². The highest BCUT2D eigenvalue weighted by Gasteiger charge is 2.24. The van der Waals surface area contributed by atoms with E-state index in [1.807, 2.05) is 6.92 Å². The molecule has 1 heterocycles. The second kappa shape index (κ2) is 9.22. The number of ether oxygens (including phenoxy) is 1. The van der Waals surface area contributed by atoms with Crippen molar-refractivity contribution in [2.75, 3.05) is 11.9 Å². The SMILES string of the molecule is CCOC(=O)[C@H](CC)Sc1nnc(NC(=O)C2CCCCC2)s1. The van der Waals surface area contributed by atoms with Gasteiger partial charge in [0.15, 0.2) is 4.34 Å². The molecule has 128 valence electrons. The van der Waals surface area contributed by atoms with Crippen molar-refractivity contribution in [3.8, 4) is 0 Å². The zero-order valence-electron chi connectivity index (χ0n) is 13.5. The molecule has 0 bridgehead atoms. The van der Waals surface area contributed by atoms with Crippen LogP contribution in [0.2, 0.25) is 0 Å². The van der Waals surface area contributed by atoms with Gasteiger partial charge in [-0.1, -0.05) is 49.3 Å². The third-order valence-electron chi connectivity index (χ3n) is 3.78. The number of hydrogen-bond acceptors (Lipinski definition) is 7. The van der Waals surface area contributed by atoms with Gasteiger partial charge in [0.2, 0.25) is 11.0 Å². The van der Waals surface area contributed by atoms with Gasteiger partial charge >= 0.3 is 5.97 Å². The van der Waals surface area contributed by atoms with Crippen molar-refractivity contribution >= 4 is 40.1 Å². The maximum atomic E-state index is 12.2. The molecule has 23 heavy (non-hydrogen) atoms. The number of thioether (sulfide) groups is 1. The van der Waals surface area contributed by atoms with Crippen LogP contribution in [0.5, 0.6) is 0 Å². The lowest BCUT2D eigenvalue weighted by Gasteiger charge is -2.19. The third-order valence-corrected chi connectivity index (χ3v) is 6.04. The maximum absolute atomic E-state index is 12.2. The van der Waals surface area contributed by atoms with E-state index in [0.717, 1.165) is 25.7 Å². The number of amides is 1. The third kappa shape index (κ3) is 5.46. The van der Waals surface area contributed by atoms with Gasteiger partial charge in [-0.25, -0.2) is 0 Å². The first-order valence-corrected chi connectivity index (χ1v) is 9.81. The van der Waals surface area contributed by atoms with Crippen LogP contribution in [-0.4, -0.2) is 33.9 Å². The molecule has 6 nitrogen and oxygen atoms in total. The highest BCUT2D eigenvalue weighted by molar-refractivity contribution is 8.02. The normalized spacial score (nSPS) is 16.8. The Balaban J connectivity index is 1.89. The smallest absolute Gasteiger partial charge is 0.319 e. The molecule has 1 fully saturated rings. The fourth-order valence-electron chi connectivity index (χ4n) is 2.54. The monoisotopic (exact) mass is 357 g/mol. The van der Waals surface area contributed by atoms with E-state index in [9.17, 15) is 9.59 Å². The summed E-state index contributed by atoms with van der Waals surface area (Å²) in [5, 5.41) is 11.1. The Morgan fingerprint density at radius 3 is 2.70 bits per heavy atom. The van der Waals surface area contributed by atoms with Crippen molar-refractivity contribution in [3.05, 3.63) is 0 Å². The van der Waals surface area contributed by atoms with Gasteiger partial charge < -0.3 is 10.1 Å². The van der Waals surface area contributed by atoms with Crippen molar-refractivity contribution in [1.29, 1.82) is 0 Å². The van der Waals surface area contributed by atoms with Gasteiger partial charge in [0.05, 0.1) is 6.61 Å². The average molecular weight is 358 g/mol. The molecular formula is C15H23N3O3S2. The number of carbonyl (C=O) groups is 2. The molecule has 1 saturated carbocycles. The second-order valence-electron chi connectivity index (χ2n) is 5.46. The van der Waals surface area contributed by atoms with Crippen molar-refractivity contribution in [2.45, 2.75) is 62.0 Å². The standard InChI is InChI=1S/C15H23N3O3S2/c1-3-11(13(20)21-4-2)22-15-18-17-14(23-15)16-12(19)10-8-6-5-7-9-10/h10-11H,3-9H2,1-2H3,(H,16,17,19)/t11-/m0/s1. The minimum atomic E-state index is -0.287. The summed E-state index contributed by atoms with van der Waals surface area (Å²) in [7, 11) is 0. The molecule has 0 saturated heterocycles. The molecule has 2 rings (SSSR count). The first kappa shape index (κ1) is 18.2.